The van der Waals surface area contributed by atoms with Crippen molar-refractivity contribution >= 4 is 56.6 Å². The first-order chi connectivity index (χ1) is 8.29. The second kappa shape index (κ2) is 6.82. The van der Waals surface area contributed by atoms with Gasteiger partial charge in [-0.3, -0.25) is 4.79 Å². The van der Waals surface area contributed by atoms with Gasteiger partial charge in [0.2, 0.25) is 3.79 Å². The predicted octanol–water partition coefficient (Wildman–Crippen LogP) is 2.63. The summed E-state index contributed by atoms with van der Waals surface area (Å²) in [7, 11) is 0. The van der Waals surface area contributed by atoms with Crippen LogP contribution in [-0.4, -0.2) is 27.6 Å². The van der Waals surface area contributed by atoms with E-state index in [9.17, 15) is 9.90 Å². The number of nitrogens with one attached hydrogen (secondary N) is 1. The molecule has 0 spiro atoms. The zero-order chi connectivity index (χ0) is 13.8. The molecule has 4 nitrogen and oxygen atoms in total. The van der Waals surface area contributed by atoms with Crippen molar-refractivity contribution in [2.45, 2.75) is 10.0 Å². The Kier molecular flexibility index (Phi) is 6.01. The quantitative estimate of drug-likeness (QED) is 0.627. The highest BCUT2D eigenvalue weighted by Gasteiger charge is 2.32. The van der Waals surface area contributed by atoms with Gasteiger partial charge < -0.3 is 15.2 Å². The fraction of sp³-hybridized carbons (Fsp3) is 0.300. The number of alkyl halides is 3. The molecule has 1 amide bonds. The third kappa shape index (κ3) is 5.63. The van der Waals surface area contributed by atoms with E-state index in [1.165, 1.54) is 0 Å². The first-order valence-corrected chi connectivity index (χ1v) is 6.64. The Labute approximate surface area is 127 Å². The second-order valence-electron chi connectivity index (χ2n) is 3.26. The Morgan fingerprint density at radius 1 is 1.50 bits per heavy atom. The number of ether oxygens (including phenoxy) is 1. The minimum Gasteiger partial charge on any atom is -0.484 e. The fourth-order valence-corrected chi connectivity index (χ4v) is 1.52. The van der Waals surface area contributed by atoms with Crippen molar-refractivity contribution in [1.29, 1.82) is 0 Å². The van der Waals surface area contributed by atoms with E-state index in [0.29, 0.717) is 5.75 Å². The largest absolute Gasteiger partial charge is 0.484 e. The van der Waals surface area contributed by atoms with Crippen LogP contribution in [0.2, 0.25) is 0 Å². The van der Waals surface area contributed by atoms with E-state index in [-0.39, 0.29) is 6.61 Å². The maximum Gasteiger partial charge on any atom is 0.260 e. The number of hydrogen-bond donors (Lipinski definition) is 2. The van der Waals surface area contributed by atoms with Gasteiger partial charge in [0.05, 0.1) is 0 Å². The first-order valence-electron chi connectivity index (χ1n) is 4.71. The third-order valence-electron chi connectivity index (χ3n) is 1.77. The van der Waals surface area contributed by atoms with Crippen LogP contribution in [0.25, 0.3) is 0 Å². The van der Waals surface area contributed by atoms with Gasteiger partial charge in [-0.05, 0) is 18.2 Å². The summed E-state index contributed by atoms with van der Waals surface area (Å²) in [5.74, 6) is -0.100. The third-order valence-corrected chi connectivity index (χ3v) is 2.89. The lowest BCUT2D eigenvalue weighted by molar-refractivity contribution is -0.126. The van der Waals surface area contributed by atoms with Crippen LogP contribution >= 0.6 is 50.7 Å². The molecule has 0 aromatic heterocycles. The molecule has 0 heterocycles. The summed E-state index contributed by atoms with van der Waals surface area (Å²) < 4.78 is 4.02. The standard InChI is InChI=1S/C10H9BrCl3NO3/c11-6-2-1-3-7(4-6)18-5-8(16)15-9(17)10(12,13)14/h1-4,9,17H,5H2,(H,15,16)/t9-/m0/s1. The van der Waals surface area contributed by atoms with Crippen molar-refractivity contribution in [3.8, 4) is 5.75 Å². The van der Waals surface area contributed by atoms with Gasteiger partial charge in [-0.1, -0.05) is 56.8 Å². The van der Waals surface area contributed by atoms with E-state index < -0.39 is 15.9 Å². The molecule has 8 heteroatoms. The van der Waals surface area contributed by atoms with Gasteiger partial charge in [0, 0.05) is 4.47 Å². The molecule has 18 heavy (non-hydrogen) atoms. The molecule has 0 saturated carbocycles. The Bertz CT molecular complexity index is 425. The second-order valence-corrected chi connectivity index (χ2v) is 6.54. The molecule has 0 aliphatic heterocycles. The van der Waals surface area contributed by atoms with Gasteiger partial charge in [0.1, 0.15) is 5.75 Å². The molecule has 0 saturated heterocycles. The lowest BCUT2D eigenvalue weighted by Gasteiger charge is -2.19. The van der Waals surface area contributed by atoms with E-state index in [1.54, 1.807) is 18.2 Å². The van der Waals surface area contributed by atoms with Gasteiger partial charge in [-0.25, -0.2) is 0 Å². The summed E-state index contributed by atoms with van der Waals surface area (Å²) >= 11 is 19.4. The van der Waals surface area contributed by atoms with Crippen LogP contribution in [0.5, 0.6) is 5.75 Å². The molecule has 2 N–H and O–H groups in total. The molecule has 0 bridgehead atoms. The van der Waals surface area contributed by atoms with Crippen LogP contribution < -0.4 is 10.1 Å². The van der Waals surface area contributed by atoms with Crippen molar-refractivity contribution < 1.29 is 14.6 Å². The van der Waals surface area contributed by atoms with Crippen molar-refractivity contribution in [1.82, 2.24) is 5.32 Å². The Balaban J connectivity index is 2.42. The summed E-state index contributed by atoms with van der Waals surface area (Å²) in [5.41, 5.74) is 0. The molecule has 0 aliphatic rings. The maximum atomic E-state index is 11.4. The molecule has 0 fully saturated rings. The summed E-state index contributed by atoms with van der Waals surface area (Å²) in [5, 5.41) is 11.4. The molecular formula is C10H9BrCl3NO3. The number of aliphatic hydroxyl groups excluding tert-OH is 1. The lowest BCUT2D eigenvalue weighted by atomic mass is 10.3. The molecule has 100 valence electrons. The van der Waals surface area contributed by atoms with E-state index in [2.05, 4.69) is 21.2 Å². The van der Waals surface area contributed by atoms with E-state index in [1.807, 2.05) is 6.07 Å². The van der Waals surface area contributed by atoms with Crippen LogP contribution in [-0.2, 0) is 4.79 Å². The first kappa shape index (κ1) is 15.9. The number of carbonyl (C=O) groups is 1. The minimum atomic E-state index is -1.98. The van der Waals surface area contributed by atoms with Crippen LogP contribution in [0.3, 0.4) is 0 Å². The number of halogens is 4. The van der Waals surface area contributed by atoms with Crippen LogP contribution in [0.1, 0.15) is 0 Å². The van der Waals surface area contributed by atoms with Crippen molar-refractivity contribution in [3.05, 3.63) is 28.7 Å². The van der Waals surface area contributed by atoms with Crippen molar-refractivity contribution in [2.75, 3.05) is 6.61 Å². The van der Waals surface area contributed by atoms with Gasteiger partial charge in [-0.2, -0.15) is 0 Å². The number of amides is 1. The monoisotopic (exact) mass is 375 g/mol. The number of benzene rings is 1. The van der Waals surface area contributed by atoms with Crippen LogP contribution in [0.15, 0.2) is 28.7 Å². The smallest absolute Gasteiger partial charge is 0.260 e. The molecule has 1 rings (SSSR count). The average Bonchev–Trinajstić information content (AvgIpc) is 2.25. The summed E-state index contributed by atoms with van der Waals surface area (Å²) in [4.78, 5) is 11.4. The molecule has 0 unspecified atom stereocenters. The van der Waals surface area contributed by atoms with Crippen molar-refractivity contribution in [3.63, 3.8) is 0 Å². The SMILES string of the molecule is O=C(COc1cccc(Br)c1)N[C@@H](O)C(Cl)(Cl)Cl. The molecule has 1 aromatic carbocycles. The van der Waals surface area contributed by atoms with Crippen LogP contribution in [0, 0.1) is 0 Å². The maximum absolute atomic E-state index is 11.4. The highest BCUT2D eigenvalue weighted by Crippen LogP contribution is 2.28. The summed E-state index contributed by atoms with van der Waals surface area (Å²) in [6, 6.07) is 6.95. The normalized spacial score (nSPS) is 12.9. The lowest BCUT2D eigenvalue weighted by Crippen LogP contribution is -2.45. The molecule has 0 aliphatic carbocycles. The Morgan fingerprint density at radius 3 is 2.72 bits per heavy atom. The summed E-state index contributed by atoms with van der Waals surface area (Å²) in [6.45, 7) is -0.297. The highest BCUT2D eigenvalue weighted by molar-refractivity contribution is 9.10. The zero-order valence-corrected chi connectivity index (χ0v) is 12.7. The van der Waals surface area contributed by atoms with Crippen molar-refractivity contribution in [2.24, 2.45) is 0 Å². The highest BCUT2D eigenvalue weighted by atomic mass is 79.9. The number of carbonyl (C=O) groups excluding carboxylic acids is 1. The minimum absolute atomic E-state index is 0.297. The zero-order valence-electron chi connectivity index (χ0n) is 8.87. The topological polar surface area (TPSA) is 58.6 Å². The number of rotatable bonds is 4. The Hall–Kier alpha value is -0.200. The molecule has 1 atom stereocenters. The average molecular weight is 377 g/mol. The fourth-order valence-electron chi connectivity index (χ4n) is 0.982. The van der Waals surface area contributed by atoms with Crippen LogP contribution in [0.4, 0.5) is 0 Å². The van der Waals surface area contributed by atoms with Gasteiger partial charge in [-0.15, -0.1) is 0 Å². The Morgan fingerprint density at radius 2 is 2.17 bits per heavy atom. The van der Waals surface area contributed by atoms with Gasteiger partial charge in [0.25, 0.3) is 5.91 Å². The molecular weight excluding hydrogens is 368 g/mol. The molecule has 1 aromatic rings. The van der Waals surface area contributed by atoms with Gasteiger partial charge >= 0.3 is 0 Å². The summed E-state index contributed by atoms with van der Waals surface area (Å²) in [6.07, 6.45) is -1.60. The van der Waals surface area contributed by atoms with Gasteiger partial charge in [0.15, 0.2) is 12.8 Å². The van der Waals surface area contributed by atoms with E-state index in [0.717, 1.165) is 4.47 Å². The predicted molar refractivity (Wildman–Crippen MR) is 74.1 cm³/mol. The molecule has 0 radical (unpaired) electrons. The number of hydrogen-bond acceptors (Lipinski definition) is 3. The van der Waals surface area contributed by atoms with E-state index in [4.69, 9.17) is 39.5 Å². The van der Waals surface area contributed by atoms with E-state index >= 15 is 0 Å². The number of aliphatic hydroxyl groups is 1.